The van der Waals surface area contributed by atoms with E-state index in [1.54, 1.807) is 0 Å². The normalized spacial score (nSPS) is 20.4. The van der Waals surface area contributed by atoms with Crippen LogP contribution in [-0.2, 0) is 5.41 Å². The minimum absolute atomic E-state index is 0.00145. The van der Waals surface area contributed by atoms with Crippen molar-refractivity contribution >= 4 is 65.2 Å². The summed E-state index contributed by atoms with van der Waals surface area (Å²) in [5, 5.41) is 13.0. The molecule has 12 rings (SSSR count). The van der Waals surface area contributed by atoms with Gasteiger partial charge in [-0.25, -0.2) is 0 Å². The molecule has 1 heterocycles. The van der Waals surface area contributed by atoms with E-state index in [4.69, 9.17) is 0 Å². The van der Waals surface area contributed by atoms with Gasteiger partial charge < -0.3 is 4.90 Å². The quantitative estimate of drug-likeness (QED) is 0.162. The van der Waals surface area contributed by atoms with Gasteiger partial charge in [-0.3, -0.25) is 0 Å². The first-order chi connectivity index (χ1) is 28.4. The zero-order valence-corrected chi connectivity index (χ0v) is 33.4. The van der Waals surface area contributed by atoms with Gasteiger partial charge in [-0.05, 0) is 149 Å². The molecular formula is C57H45N. The number of hydrogen-bond donors (Lipinski definition) is 0. The van der Waals surface area contributed by atoms with Gasteiger partial charge in [0.25, 0.3) is 0 Å². The van der Waals surface area contributed by atoms with Crippen LogP contribution in [0.3, 0.4) is 0 Å². The lowest BCUT2D eigenvalue weighted by Gasteiger charge is -2.54. The second-order valence-electron chi connectivity index (χ2n) is 17.6. The van der Waals surface area contributed by atoms with Crippen LogP contribution in [0.25, 0.3) is 87.2 Å². The predicted octanol–water partition coefficient (Wildman–Crippen LogP) is 15.9. The highest BCUT2D eigenvalue weighted by atomic mass is 15.3. The molecule has 1 aliphatic carbocycles. The Morgan fingerprint density at radius 3 is 1.79 bits per heavy atom. The van der Waals surface area contributed by atoms with Crippen LogP contribution in [0.4, 0.5) is 11.4 Å². The molecular weight excluding hydrogens is 699 g/mol. The largest absolute Gasteiger partial charge is 0.334 e. The zero-order chi connectivity index (χ0) is 38.8. The summed E-state index contributed by atoms with van der Waals surface area (Å²) in [6.45, 7) is 7.60. The number of rotatable bonds is 4. The Bertz CT molecular complexity index is 3260. The summed E-state index contributed by atoms with van der Waals surface area (Å²) < 4.78 is 0. The number of nitrogens with zero attached hydrogens (tertiary/aromatic N) is 1. The maximum Gasteiger partial charge on any atom is 0.0543 e. The molecule has 2 aliphatic rings. The van der Waals surface area contributed by atoms with Gasteiger partial charge in [0.05, 0.1) is 5.54 Å². The highest BCUT2D eigenvalue weighted by molar-refractivity contribution is 6.31. The molecule has 0 radical (unpaired) electrons. The van der Waals surface area contributed by atoms with Gasteiger partial charge >= 0.3 is 0 Å². The van der Waals surface area contributed by atoms with Crippen LogP contribution < -0.4 is 4.90 Å². The highest BCUT2D eigenvalue weighted by Crippen LogP contribution is 2.63. The van der Waals surface area contributed by atoms with Crippen LogP contribution in [0.1, 0.15) is 45.6 Å². The number of fused-ring (bicyclic) bond motifs is 5. The van der Waals surface area contributed by atoms with Gasteiger partial charge in [-0.1, -0.05) is 166 Å². The monoisotopic (exact) mass is 743 g/mol. The summed E-state index contributed by atoms with van der Waals surface area (Å²) in [5.41, 5.74) is 11.8. The summed E-state index contributed by atoms with van der Waals surface area (Å²) in [6, 6.07) is 66.6. The van der Waals surface area contributed by atoms with Crippen molar-refractivity contribution in [3.8, 4) is 33.4 Å². The molecule has 10 aromatic carbocycles. The Labute approximate surface area is 340 Å². The molecule has 3 unspecified atom stereocenters. The minimum atomic E-state index is -0.0393. The number of hydrogen-bond acceptors (Lipinski definition) is 1. The summed E-state index contributed by atoms with van der Waals surface area (Å²) in [5.74, 6) is 0.547. The average molecular weight is 744 g/mol. The summed E-state index contributed by atoms with van der Waals surface area (Å²) in [4.78, 5) is 2.70. The third kappa shape index (κ3) is 4.48. The molecule has 1 nitrogen and oxygen atoms in total. The molecule has 0 N–H and O–H groups in total. The average Bonchev–Trinajstić information content (AvgIpc) is 3.48. The smallest absolute Gasteiger partial charge is 0.0543 e. The Morgan fingerprint density at radius 1 is 0.466 bits per heavy atom. The van der Waals surface area contributed by atoms with Gasteiger partial charge in [0.15, 0.2) is 0 Å². The first-order valence-electron chi connectivity index (χ1n) is 21.1. The lowest BCUT2D eigenvalue weighted by Crippen LogP contribution is -2.59. The maximum atomic E-state index is 2.70. The van der Waals surface area contributed by atoms with Crippen molar-refractivity contribution in [2.75, 3.05) is 4.90 Å². The second kappa shape index (κ2) is 12.3. The molecule has 3 atom stereocenters. The van der Waals surface area contributed by atoms with Crippen molar-refractivity contribution in [2.45, 2.75) is 51.0 Å². The van der Waals surface area contributed by atoms with E-state index in [0.717, 1.165) is 0 Å². The third-order valence-corrected chi connectivity index (χ3v) is 15.0. The van der Waals surface area contributed by atoms with Crippen molar-refractivity contribution < 1.29 is 0 Å². The van der Waals surface area contributed by atoms with Crippen molar-refractivity contribution in [3.63, 3.8) is 0 Å². The van der Waals surface area contributed by atoms with E-state index in [-0.39, 0.29) is 11.0 Å². The molecule has 1 heteroatoms. The Balaban J connectivity index is 1.17. The van der Waals surface area contributed by atoms with Gasteiger partial charge in [0, 0.05) is 16.8 Å². The van der Waals surface area contributed by atoms with Gasteiger partial charge in [0.1, 0.15) is 0 Å². The first kappa shape index (κ1) is 33.7. The van der Waals surface area contributed by atoms with E-state index in [1.807, 2.05) is 0 Å². The Morgan fingerprint density at radius 2 is 1.05 bits per heavy atom. The maximum absolute atomic E-state index is 2.70. The van der Waals surface area contributed by atoms with Crippen LogP contribution in [0.5, 0.6) is 0 Å². The molecule has 58 heavy (non-hydrogen) atoms. The molecule has 10 aromatic rings. The highest BCUT2D eigenvalue weighted by Gasteiger charge is 2.60. The lowest BCUT2D eigenvalue weighted by molar-refractivity contribution is 0.130. The standard InChI is InChI=1S/C57H45N/c1-36-14-13-33-56(2)52-34-40(27-32-53(52)58(57(36,56)3)41-19-5-4-6-20-41)50-35-51(45-24-12-18-38-16-8-10-22-43(38)45)49-29-26-39-25-28-46(47-30-31-48(50)55(49)54(39)47)44-23-11-17-37-15-7-9-21-42(37)44/h4-12,15-32,34-36H,13-14,33H2,1-3H3. The molecule has 1 saturated carbocycles. The molecule has 278 valence electrons. The van der Waals surface area contributed by atoms with Crippen LogP contribution >= 0.6 is 0 Å². The topological polar surface area (TPSA) is 3.24 Å². The van der Waals surface area contributed by atoms with Crippen LogP contribution in [0.2, 0.25) is 0 Å². The fourth-order valence-corrected chi connectivity index (χ4v) is 11.8. The summed E-state index contributed by atoms with van der Waals surface area (Å²) >= 11 is 0. The van der Waals surface area contributed by atoms with E-state index < -0.39 is 0 Å². The second-order valence-corrected chi connectivity index (χ2v) is 17.6. The van der Waals surface area contributed by atoms with E-state index in [9.17, 15) is 0 Å². The molecule has 0 spiro atoms. The van der Waals surface area contributed by atoms with Gasteiger partial charge in [-0.2, -0.15) is 0 Å². The van der Waals surface area contributed by atoms with Crippen LogP contribution in [-0.4, -0.2) is 5.54 Å². The summed E-state index contributed by atoms with van der Waals surface area (Å²) in [7, 11) is 0. The van der Waals surface area contributed by atoms with E-state index in [0.29, 0.717) is 5.92 Å². The van der Waals surface area contributed by atoms with E-state index in [2.05, 4.69) is 202 Å². The van der Waals surface area contributed by atoms with Gasteiger partial charge in [-0.15, -0.1) is 0 Å². The van der Waals surface area contributed by atoms with Crippen LogP contribution in [0, 0.1) is 5.92 Å². The van der Waals surface area contributed by atoms with Gasteiger partial charge in [0.2, 0.25) is 0 Å². The van der Waals surface area contributed by atoms with E-state index >= 15 is 0 Å². The summed E-state index contributed by atoms with van der Waals surface area (Å²) in [6.07, 6.45) is 3.69. The molecule has 1 fully saturated rings. The molecule has 0 saturated heterocycles. The first-order valence-corrected chi connectivity index (χ1v) is 21.1. The van der Waals surface area contributed by atoms with Crippen molar-refractivity contribution in [1.82, 2.24) is 0 Å². The Hall–Kier alpha value is -6.44. The molecule has 0 aromatic heterocycles. The SMILES string of the molecule is CC1CCCC2(C)c3cc(-c4cc(-c5cccc6ccccc56)c5ccc6ccc(-c7cccc8ccccc78)c7ccc4c5c67)ccc3N(c3ccccc3)C12C. The van der Waals surface area contributed by atoms with E-state index in [1.165, 1.54) is 123 Å². The zero-order valence-electron chi connectivity index (χ0n) is 33.4. The molecule has 0 amide bonds. The minimum Gasteiger partial charge on any atom is -0.334 e. The third-order valence-electron chi connectivity index (χ3n) is 15.0. The van der Waals surface area contributed by atoms with Crippen molar-refractivity contribution in [3.05, 3.63) is 181 Å². The number of benzene rings is 10. The van der Waals surface area contributed by atoms with Crippen molar-refractivity contribution in [1.29, 1.82) is 0 Å². The van der Waals surface area contributed by atoms with Crippen LogP contribution in [0.15, 0.2) is 176 Å². The predicted molar refractivity (Wildman–Crippen MR) is 249 cm³/mol. The molecule has 1 aliphatic heterocycles. The number of para-hydroxylation sites is 1. The van der Waals surface area contributed by atoms with Crippen molar-refractivity contribution in [2.24, 2.45) is 5.92 Å². The fourth-order valence-electron chi connectivity index (χ4n) is 11.8. The molecule has 0 bridgehead atoms. The Kier molecular flexibility index (Phi) is 7.13. The number of anilines is 2. The lowest BCUT2D eigenvalue weighted by atomic mass is 9.57. The fraction of sp³-hybridized carbons (Fsp3) is 0.158.